The van der Waals surface area contributed by atoms with Crippen LogP contribution in [0.1, 0.15) is 24.0 Å². The standard InChI is InChI=1S/C14H18O2/c1-15-9-8-11-4-3-5-12-10-13(16-2)6-7-14(11)12/h6-8,10H,3-5,9H2,1-2H3. The molecule has 0 saturated heterocycles. The number of fused-ring (bicyclic) bond motifs is 1. The minimum Gasteiger partial charge on any atom is -0.497 e. The van der Waals surface area contributed by atoms with E-state index in [1.165, 1.54) is 23.1 Å². The van der Waals surface area contributed by atoms with Crippen molar-refractivity contribution in [3.63, 3.8) is 0 Å². The van der Waals surface area contributed by atoms with Gasteiger partial charge in [-0.2, -0.15) is 0 Å². The Hall–Kier alpha value is -1.28. The quantitative estimate of drug-likeness (QED) is 0.776. The summed E-state index contributed by atoms with van der Waals surface area (Å²) in [5.41, 5.74) is 4.17. The molecule has 0 unspecified atom stereocenters. The first kappa shape index (κ1) is 11.2. The lowest BCUT2D eigenvalue weighted by Crippen LogP contribution is -2.03. The highest BCUT2D eigenvalue weighted by Crippen LogP contribution is 2.32. The lowest BCUT2D eigenvalue weighted by atomic mass is 9.87. The summed E-state index contributed by atoms with van der Waals surface area (Å²) in [6.07, 6.45) is 5.71. The van der Waals surface area contributed by atoms with Gasteiger partial charge in [0.2, 0.25) is 0 Å². The molecule has 0 spiro atoms. The fraction of sp³-hybridized carbons (Fsp3) is 0.429. The van der Waals surface area contributed by atoms with Crippen LogP contribution >= 0.6 is 0 Å². The number of ether oxygens (including phenoxy) is 2. The molecule has 0 radical (unpaired) electrons. The number of allylic oxidation sites excluding steroid dienone is 1. The summed E-state index contributed by atoms with van der Waals surface area (Å²) in [6.45, 7) is 0.695. The van der Waals surface area contributed by atoms with Gasteiger partial charge in [0.15, 0.2) is 0 Å². The highest BCUT2D eigenvalue weighted by atomic mass is 16.5. The van der Waals surface area contributed by atoms with E-state index in [1.54, 1.807) is 14.2 Å². The lowest BCUT2D eigenvalue weighted by molar-refractivity contribution is 0.234. The van der Waals surface area contributed by atoms with Crippen LogP contribution in [0.3, 0.4) is 0 Å². The lowest BCUT2D eigenvalue weighted by Gasteiger charge is -2.19. The Kier molecular flexibility index (Phi) is 3.62. The van der Waals surface area contributed by atoms with Crippen LogP contribution in [0.2, 0.25) is 0 Å². The highest BCUT2D eigenvalue weighted by Gasteiger charge is 2.14. The van der Waals surface area contributed by atoms with Gasteiger partial charge in [-0.25, -0.2) is 0 Å². The zero-order chi connectivity index (χ0) is 11.4. The smallest absolute Gasteiger partial charge is 0.119 e. The molecule has 1 aromatic carbocycles. The van der Waals surface area contributed by atoms with Crippen LogP contribution < -0.4 is 4.74 Å². The van der Waals surface area contributed by atoms with E-state index in [1.807, 2.05) is 6.07 Å². The molecule has 0 aromatic heterocycles. The maximum Gasteiger partial charge on any atom is 0.119 e. The van der Waals surface area contributed by atoms with E-state index >= 15 is 0 Å². The van der Waals surface area contributed by atoms with Crippen molar-refractivity contribution in [3.05, 3.63) is 35.4 Å². The van der Waals surface area contributed by atoms with E-state index in [4.69, 9.17) is 9.47 Å². The van der Waals surface area contributed by atoms with Gasteiger partial charge < -0.3 is 9.47 Å². The van der Waals surface area contributed by atoms with E-state index in [-0.39, 0.29) is 0 Å². The SMILES string of the molecule is COCC=C1CCCc2cc(OC)ccc21. The van der Waals surface area contributed by atoms with Crippen LogP contribution in [-0.4, -0.2) is 20.8 Å². The molecule has 86 valence electrons. The summed E-state index contributed by atoms with van der Waals surface area (Å²) in [7, 11) is 3.45. The molecule has 0 heterocycles. The highest BCUT2D eigenvalue weighted by molar-refractivity contribution is 5.70. The Labute approximate surface area is 96.9 Å². The Balaban J connectivity index is 2.32. The second kappa shape index (κ2) is 5.17. The number of rotatable bonds is 3. The van der Waals surface area contributed by atoms with Crippen LogP contribution in [0.4, 0.5) is 0 Å². The van der Waals surface area contributed by atoms with Crippen molar-refractivity contribution in [1.82, 2.24) is 0 Å². The van der Waals surface area contributed by atoms with Crippen molar-refractivity contribution in [1.29, 1.82) is 0 Å². The summed E-state index contributed by atoms with van der Waals surface area (Å²) in [5.74, 6) is 0.951. The average molecular weight is 218 g/mol. The molecule has 0 atom stereocenters. The molecule has 1 aliphatic carbocycles. The van der Waals surface area contributed by atoms with Gasteiger partial charge in [0, 0.05) is 7.11 Å². The monoisotopic (exact) mass is 218 g/mol. The van der Waals surface area contributed by atoms with E-state index in [0.717, 1.165) is 18.6 Å². The predicted molar refractivity (Wildman–Crippen MR) is 65.8 cm³/mol. The Morgan fingerprint density at radius 2 is 2.12 bits per heavy atom. The number of benzene rings is 1. The Morgan fingerprint density at radius 1 is 1.25 bits per heavy atom. The van der Waals surface area contributed by atoms with Gasteiger partial charge in [-0.15, -0.1) is 0 Å². The average Bonchev–Trinajstić information content (AvgIpc) is 2.35. The third kappa shape index (κ3) is 2.27. The van der Waals surface area contributed by atoms with Crippen LogP contribution in [0, 0.1) is 0 Å². The zero-order valence-electron chi connectivity index (χ0n) is 9.95. The molecule has 0 amide bonds. The molecule has 0 aliphatic heterocycles. The minimum absolute atomic E-state index is 0.695. The van der Waals surface area contributed by atoms with Gasteiger partial charge in [0.05, 0.1) is 13.7 Å². The van der Waals surface area contributed by atoms with Crippen molar-refractivity contribution in [2.24, 2.45) is 0 Å². The fourth-order valence-corrected chi connectivity index (χ4v) is 2.22. The molecular formula is C14H18O2. The van der Waals surface area contributed by atoms with Crippen molar-refractivity contribution in [2.45, 2.75) is 19.3 Å². The summed E-state index contributed by atoms with van der Waals surface area (Å²) in [6, 6.07) is 6.34. The van der Waals surface area contributed by atoms with Gasteiger partial charge in [-0.3, -0.25) is 0 Å². The van der Waals surface area contributed by atoms with Crippen molar-refractivity contribution < 1.29 is 9.47 Å². The first-order valence-electron chi connectivity index (χ1n) is 5.70. The summed E-state index contributed by atoms with van der Waals surface area (Å²) >= 11 is 0. The number of hydrogen-bond donors (Lipinski definition) is 0. The van der Waals surface area contributed by atoms with Crippen LogP contribution in [-0.2, 0) is 11.2 Å². The van der Waals surface area contributed by atoms with Crippen LogP contribution in [0.15, 0.2) is 24.3 Å². The number of hydrogen-bond acceptors (Lipinski definition) is 2. The maximum absolute atomic E-state index is 5.25. The Bertz CT molecular complexity index is 394. The fourth-order valence-electron chi connectivity index (χ4n) is 2.22. The van der Waals surface area contributed by atoms with Gasteiger partial charge in [0.25, 0.3) is 0 Å². The molecule has 0 bridgehead atoms. The first-order chi connectivity index (χ1) is 7.85. The largest absolute Gasteiger partial charge is 0.497 e. The zero-order valence-corrected chi connectivity index (χ0v) is 9.95. The van der Waals surface area contributed by atoms with E-state index in [0.29, 0.717) is 6.61 Å². The van der Waals surface area contributed by atoms with E-state index < -0.39 is 0 Å². The number of methoxy groups -OCH3 is 2. The Morgan fingerprint density at radius 3 is 2.88 bits per heavy atom. The number of aryl methyl sites for hydroxylation is 1. The minimum atomic E-state index is 0.695. The molecule has 0 N–H and O–H groups in total. The van der Waals surface area contributed by atoms with Crippen molar-refractivity contribution >= 4 is 5.57 Å². The predicted octanol–water partition coefficient (Wildman–Crippen LogP) is 3.06. The molecule has 16 heavy (non-hydrogen) atoms. The summed E-state index contributed by atoms with van der Waals surface area (Å²) in [5, 5.41) is 0. The normalized spacial score (nSPS) is 17.2. The van der Waals surface area contributed by atoms with Gasteiger partial charge in [-0.1, -0.05) is 12.1 Å². The summed E-state index contributed by atoms with van der Waals surface area (Å²) < 4.78 is 10.4. The molecule has 2 nitrogen and oxygen atoms in total. The van der Waals surface area contributed by atoms with Crippen LogP contribution in [0.25, 0.3) is 5.57 Å². The molecular weight excluding hydrogens is 200 g/mol. The van der Waals surface area contributed by atoms with Gasteiger partial charge in [0.1, 0.15) is 5.75 Å². The van der Waals surface area contributed by atoms with Gasteiger partial charge >= 0.3 is 0 Å². The topological polar surface area (TPSA) is 18.5 Å². The maximum atomic E-state index is 5.25. The first-order valence-corrected chi connectivity index (χ1v) is 5.70. The molecule has 0 fully saturated rings. The van der Waals surface area contributed by atoms with Crippen LogP contribution in [0.5, 0.6) is 5.75 Å². The molecule has 1 aromatic rings. The van der Waals surface area contributed by atoms with E-state index in [9.17, 15) is 0 Å². The second-order valence-electron chi connectivity index (χ2n) is 4.06. The third-order valence-electron chi connectivity index (χ3n) is 3.05. The third-order valence-corrected chi connectivity index (χ3v) is 3.05. The van der Waals surface area contributed by atoms with Gasteiger partial charge in [-0.05, 0) is 48.1 Å². The van der Waals surface area contributed by atoms with Crippen molar-refractivity contribution in [3.8, 4) is 5.75 Å². The molecule has 0 saturated carbocycles. The molecule has 2 heteroatoms. The molecule has 1 aliphatic rings. The summed E-state index contributed by atoms with van der Waals surface area (Å²) in [4.78, 5) is 0. The second-order valence-corrected chi connectivity index (χ2v) is 4.06. The molecule has 2 rings (SSSR count). The van der Waals surface area contributed by atoms with E-state index in [2.05, 4.69) is 18.2 Å². The van der Waals surface area contributed by atoms with Crippen molar-refractivity contribution in [2.75, 3.05) is 20.8 Å².